The summed E-state index contributed by atoms with van der Waals surface area (Å²) in [6, 6.07) is 13.8. The number of benzene rings is 3. The van der Waals surface area contributed by atoms with Gasteiger partial charge in [0.15, 0.2) is 0 Å². The van der Waals surface area contributed by atoms with Crippen LogP contribution in [-0.4, -0.2) is 30.2 Å². The van der Waals surface area contributed by atoms with E-state index in [1.807, 2.05) is 24.3 Å². The van der Waals surface area contributed by atoms with Crippen LogP contribution in [-0.2, 0) is 21.4 Å². The van der Waals surface area contributed by atoms with E-state index in [4.69, 9.17) is 17.2 Å². The molecule has 11 heteroatoms. The van der Waals surface area contributed by atoms with Gasteiger partial charge in [0.05, 0.1) is 17.6 Å². The van der Waals surface area contributed by atoms with Crippen molar-refractivity contribution in [2.75, 3.05) is 5.73 Å². The Labute approximate surface area is 241 Å². The first-order valence-corrected chi connectivity index (χ1v) is 13.6. The summed E-state index contributed by atoms with van der Waals surface area (Å²) >= 11 is 0. The van der Waals surface area contributed by atoms with Crippen LogP contribution in [0.2, 0.25) is 0 Å². The number of hydrogen-bond acceptors (Lipinski definition) is 5. The van der Waals surface area contributed by atoms with E-state index in [1.165, 1.54) is 24.3 Å². The quantitative estimate of drug-likeness (QED) is 0.129. The number of primary amides is 1. The van der Waals surface area contributed by atoms with Gasteiger partial charge in [0, 0.05) is 12.1 Å². The molecule has 1 aliphatic carbocycles. The smallest absolute Gasteiger partial charge is 0.399 e. The summed E-state index contributed by atoms with van der Waals surface area (Å²) < 4.78 is 56.9. The summed E-state index contributed by atoms with van der Waals surface area (Å²) in [6.45, 7) is 3.24. The second-order valence-corrected chi connectivity index (χ2v) is 11.2. The van der Waals surface area contributed by atoms with Gasteiger partial charge in [0.1, 0.15) is 11.9 Å². The summed E-state index contributed by atoms with van der Waals surface area (Å²) in [5.41, 5.74) is 19.1. The number of hydrogen-bond donors (Lipinski definition) is 5. The molecule has 1 saturated carbocycles. The van der Waals surface area contributed by atoms with Crippen LogP contribution >= 0.6 is 0 Å². The fourth-order valence-electron chi connectivity index (χ4n) is 5.07. The van der Waals surface area contributed by atoms with Gasteiger partial charge < -0.3 is 22.5 Å². The van der Waals surface area contributed by atoms with E-state index in [1.54, 1.807) is 26.0 Å². The van der Waals surface area contributed by atoms with Crippen LogP contribution in [0.3, 0.4) is 0 Å². The molecule has 0 aromatic heterocycles. The van der Waals surface area contributed by atoms with E-state index in [-0.39, 0.29) is 29.1 Å². The van der Waals surface area contributed by atoms with Gasteiger partial charge in [0.2, 0.25) is 11.8 Å². The number of nitrogen functional groups attached to an aromatic ring is 1. The number of alkyl halides is 3. The zero-order valence-corrected chi connectivity index (χ0v) is 23.3. The molecular weight excluding hydrogens is 550 g/mol. The molecule has 3 atom stereocenters. The fourth-order valence-corrected chi connectivity index (χ4v) is 5.07. The molecule has 1 aliphatic rings. The fraction of sp³-hybridized carbons (Fsp3) is 0.355. The van der Waals surface area contributed by atoms with Crippen LogP contribution in [0.5, 0.6) is 0 Å². The normalized spacial score (nSPS) is 16.5. The molecule has 7 nitrogen and oxygen atoms in total. The Morgan fingerprint density at radius 2 is 1.52 bits per heavy atom. The third kappa shape index (κ3) is 6.91. The number of nitrogens with one attached hydrogen (secondary N) is 2. The van der Waals surface area contributed by atoms with Crippen LogP contribution in [0.25, 0.3) is 11.1 Å². The van der Waals surface area contributed by atoms with Crippen molar-refractivity contribution >= 4 is 17.5 Å². The number of rotatable bonds is 11. The van der Waals surface area contributed by atoms with Crippen LogP contribution in [0.4, 0.5) is 23.2 Å². The molecule has 224 valence electrons. The molecule has 0 heterocycles. The first-order valence-electron chi connectivity index (χ1n) is 13.6. The summed E-state index contributed by atoms with van der Waals surface area (Å²) in [6.07, 6.45) is -4.42. The molecule has 1 fully saturated rings. The SMILES string of the molecule is CC(C)[C@H](N[C@@H](c1ccc(-c2ccc(C3(C(N)=O)CC3)cc2)cc1)C(F)(F)F)C(=O)N[C@H](N)Cc1ccc(N)cc1F. The third-order valence-corrected chi connectivity index (χ3v) is 7.70. The zero-order chi connectivity index (χ0) is 30.8. The molecular formula is C31H35F4N5O2. The van der Waals surface area contributed by atoms with E-state index >= 15 is 0 Å². The van der Waals surface area contributed by atoms with Crippen LogP contribution in [0, 0.1) is 11.7 Å². The highest BCUT2D eigenvalue weighted by Gasteiger charge is 2.50. The molecule has 3 aromatic carbocycles. The number of anilines is 1. The van der Waals surface area contributed by atoms with Gasteiger partial charge in [-0.2, -0.15) is 13.2 Å². The number of carbonyl (C=O) groups excluding carboxylic acids is 2. The minimum absolute atomic E-state index is 0.0692. The van der Waals surface area contributed by atoms with E-state index in [0.717, 1.165) is 17.2 Å². The van der Waals surface area contributed by atoms with Gasteiger partial charge in [-0.05, 0) is 58.7 Å². The van der Waals surface area contributed by atoms with Crippen molar-refractivity contribution in [2.45, 2.75) is 63.0 Å². The van der Waals surface area contributed by atoms with E-state index in [9.17, 15) is 27.2 Å². The van der Waals surface area contributed by atoms with Crippen molar-refractivity contribution in [1.82, 2.24) is 10.6 Å². The standard InChI is InChI=1S/C31H35F4N5O2/c1-17(2)26(28(41)39-25(37)15-21-9-12-23(36)16-24(21)32)40-27(31(33,34)35)20-5-3-18(4-6-20)19-7-10-22(11-8-19)30(13-14-30)29(38)42/h3-12,16-17,25-27,40H,13-15,36-37H2,1-2H3,(H2,38,42)(H,39,41)/t25-,26-,27-/m0/s1. The maximum Gasteiger partial charge on any atom is 0.407 e. The molecule has 0 radical (unpaired) electrons. The molecule has 2 amide bonds. The van der Waals surface area contributed by atoms with Crippen LogP contribution in [0.1, 0.15) is 49.4 Å². The van der Waals surface area contributed by atoms with Gasteiger partial charge >= 0.3 is 6.18 Å². The van der Waals surface area contributed by atoms with Gasteiger partial charge in [-0.1, -0.05) is 68.4 Å². The second-order valence-electron chi connectivity index (χ2n) is 11.2. The molecule has 0 aliphatic heterocycles. The first kappa shape index (κ1) is 31.0. The molecule has 0 spiro atoms. The summed E-state index contributed by atoms with van der Waals surface area (Å²) in [5.74, 6) is -2.21. The predicted octanol–water partition coefficient (Wildman–Crippen LogP) is 4.45. The summed E-state index contributed by atoms with van der Waals surface area (Å²) in [4.78, 5) is 24.8. The van der Waals surface area contributed by atoms with Gasteiger partial charge in [0.25, 0.3) is 0 Å². The predicted molar refractivity (Wildman–Crippen MR) is 153 cm³/mol. The Morgan fingerprint density at radius 1 is 0.952 bits per heavy atom. The minimum Gasteiger partial charge on any atom is -0.399 e. The lowest BCUT2D eigenvalue weighted by Crippen LogP contribution is -2.55. The van der Waals surface area contributed by atoms with Gasteiger partial charge in [-0.3, -0.25) is 14.9 Å². The Morgan fingerprint density at radius 3 is 2.00 bits per heavy atom. The lowest BCUT2D eigenvalue weighted by atomic mass is 9.92. The van der Waals surface area contributed by atoms with Crippen molar-refractivity contribution in [3.05, 3.63) is 89.2 Å². The zero-order valence-electron chi connectivity index (χ0n) is 23.3. The first-order chi connectivity index (χ1) is 19.7. The highest BCUT2D eigenvalue weighted by atomic mass is 19.4. The van der Waals surface area contributed by atoms with Crippen LogP contribution < -0.4 is 27.8 Å². The highest BCUT2D eigenvalue weighted by molar-refractivity contribution is 5.90. The molecule has 8 N–H and O–H groups in total. The average Bonchev–Trinajstić information content (AvgIpc) is 3.72. The average molecular weight is 586 g/mol. The maximum atomic E-state index is 14.3. The van der Waals surface area contributed by atoms with Crippen molar-refractivity contribution in [1.29, 1.82) is 0 Å². The van der Waals surface area contributed by atoms with Crippen molar-refractivity contribution in [3.63, 3.8) is 0 Å². The second kappa shape index (κ2) is 12.1. The van der Waals surface area contributed by atoms with E-state index in [2.05, 4.69) is 10.6 Å². The van der Waals surface area contributed by atoms with Crippen molar-refractivity contribution in [2.24, 2.45) is 17.4 Å². The number of nitrogens with two attached hydrogens (primary N) is 3. The lowest BCUT2D eigenvalue weighted by molar-refractivity contribution is -0.161. The van der Waals surface area contributed by atoms with Crippen molar-refractivity contribution < 1.29 is 27.2 Å². The Kier molecular flexibility index (Phi) is 8.93. The topological polar surface area (TPSA) is 136 Å². The highest BCUT2D eigenvalue weighted by Crippen LogP contribution is 2.48. The van der Waals surface area contributed by atoms with E-state index < -0.39 is 47.5 Å². The number of carbonyl (C=O) groups is 2. The van der Waals surface area contributed by atoms with Crippen LogP contribution in [0.15, 0.2) is 66.7 Å². The van der Waals surface area contributed by atoms with E-state index in [0.29, 0.717) is 18.4 Å². The molecule has 0 bridgehead atoms. The summed E-state index contributed by atoms with van der Waals surface area (Å²) in [7, 11) is 0. The Hall–Kier alpha value is -3.96. The van der Waals surface area contributed by atoms with Crippen molar-refractivity contribution in [3.8, 4) is 11.1 Å². The number of halogens is 4. The lowest BCUT2D eigenvalue weighted by Gasteiger charge is -2.30. The minimum atomic E-state index is -4.71. The monoisotopic (exact) mass is 585 g/mol. The summed E-state index contributed by atoms with van der Waals surface area (Å²) in [5, 5.41) is 4.97. The number of amides is 2. The van der Waals surface area contributed by atoms with Gasteiger partial charge in [-0.15, -0.1) is 0 Å². The Bertz CT molecular complexity index is 1420. The molecule has 0 saturated heterocycles. The molecule has 42 heavy (non-hydrogen) atoms. The third-order valence-electron chi connectivity index (χ3n) is 7.70. The molecule has 3 aromatic rings. The maximum absolute atomic E-state index is 14.3. The molecule has 0 unspecified atom stereocenters. The molecule has 4 rings (SSSR count). The van der Waals surface area contributed by atoms with Gasteiger partial charge in [-0.25, -0.2) is 4.39 Å². The Balaban J connectivity index is 1.47. The largest absolute Gasteiger partial charge is 0.407 e.